The first kappa shape index (κ1) is 15.9. The van der Waals surface area contributed by atoms with E-state index in [1.54, 1.807) is 7.05 Å². The number of methoxy groups -OCH3 is 1. The first-order valence-electron chi connectivity index (χ1n) is 5.44. The summed E-state index contributed by atoms with van der Waals surface area (Å²) in [6.07, 6.45) is 1.10. The molecule has 0 spiro atoms. The zero-order chi connectivity index (χ0) is 15.2. The molecule has 0 heterocycles. The highest BCUT2D eigenvalue weighted by Crippen LogP contribution is 2.30. The van der Waals surface area contributed by atoms with Crippen LogP contribution in [0.4, 0.5) is 5.69 Å². The van der Waals surface area contributed by atoms with Crippen LogP contribution < -0.4 is 4.74 Å². The van der Waals surface area contributed by atoms with Crippen LogP contribution in [-0.4, -0.2) is 47.0 Å². The van der Waals surface area contributed by atoms with Crippen molar-refractivity contribution in [1.82, 2.24) is 5.01 Å². The van der Waals surface area contributed by atoms with Gasteiger partial charge in [-0.3, -0.25) is 4.79 Å². The van der Waals surface area contributed by atoms with Crippen LogP contribution in [0.5, 0.6) is 5.75 Å². The summed E-state index contributed by atoms with van der Waals surface area (Å²) in [6.45, 7) is 0.220. The van der Waals surface area contributed by atoms with Gasteiger partial charge in [0, 0.05) is 13.3 Å². The number of hydrogen-bond acceptors (Lipinski definition) is 7. The molecule has 0 unspecified atom stereocenters. The molecule has 0 N–H and O–H groups in total. The van der Waals surface area contributed by atoms with Crippen LogP contribution in [0.15, 0.2) is 33.4 Å². The zero-order valence-corrected chi connectivity index (χ0v) is 12.1. The fraction of sp³-hybridized carbons (Fsp3) is 0.364. The van der Waals surface area contributed by atoms with Gasteiger partial charge in [-0.25, -0.2) is 13.4 Å². The molecule has 0 fully saturated rings. The number of rotatable bonds is 7. The van der Waals surface area contributed by atoms with Crippen molar-refractivity contribution in [3.8, 4) is 5.75 Å². The predicted octanol–water partition coefficient (Wildman–Crippen LogP) is 1.16. The van der Waals surface area contributed by atoms with Crippen LogP contribution in [0, 0.1) is 0 Å². The molecule has 110 valence electrons. The van der Waals surface area contributed by atoms with Gasteiger partial charge in [0.2, 0.25) is 0 Å². The quantitative estimate of drug-likeness (QED) is 0.324. The first-order valence-corrected chi connectivity index (χ1v) is 7.33. The van der Waals surface area contributed by atoms with Crippen LogP contribution in [0.2, 0.25) is 0 Å². The summed E-state index contributed by atoms with van der Waals surface area (Å²) in [4.78, 5) is 10.1. The molecule has 9 heteroatoms. The molecule has 0 aliphatic rings. The number of hydrogen-bond donors (Lipinski definition) is 0. The van der Waals surface area contributed by atoms with Crippen molar-refractivity contribution in [3.63, 3.8) is 0 Å². The fourth-order valence-corrected chi connectivity index (χ4v) is 1.91. The molecule has 1 aromatic carbocycles. The summed E-state index contributed by atoms with van der Waals surface area (Å²) < 4.78 is 32.5. The van der Waals surface area contributed by atoms with Crippen molar-refractivity contribution in [2.24, 2.45) is 10.3 Å². The number of benzene rings is 1. The lowest BCUT2D eigenvalue weighted by atomic mass is 10.3. The van der Waals surface area contributed by atoms with Gasteiger partial charge < -0.3 is 9.47 Å². The summed E-state index contributed by atoms with van der Waals surface area (Å²) in [6, 6.07) is 4.27. The van der Waals surface area contributed by atoms with Gasteiger partial charge in [0.05, 0.1) is 12.0 Å². The molecule has 0 aromatic heterocycles. The molecule has 1 rings (SSSR count). The average Bonchev–Trinajstić information content (AvgIpc) is 2.41. The standard InChI is InChI=1S/C11H15N3O5S/c1-14(7-19-8-15)13-12-10-6-9(20(3,16)17)4-5-11(10)18-2/h4-6,8H,7H2,1-3H3/b13-12+. The molecular formula is C11H15N3O5S. The van der Waals surface area contributed by atoms with E-state index in [0.29, 0.717) is 5.75 Å². The topological polar surface area (TPSA) is 97.6 Å². The highest BCUT2D eigenvalue weighted by atomic mass is 32.2. The Morgan fingerprint density at radius 3 is 2.65 bits per heavy atom. The summed E-state index contributed by atoms with van der Waals surface area (Å²) >= 11 is 0. The van der Waals surface area contributed by atoms with Crippen LogP contribution in [0.1, 0.15) is 0 Å². The van der Waals surface area contributed by atoms with E-state index in [1.165, 1.54) is 30.3 Å². The second kappa shape index (κ2) is 6.85. The van der Waals surface area contributed by atoms with Crippen LogP contribution >= 0.6 is 0 Å². The van der Waals surface area contributed by atoms with Crippen LogP contribution in [0.3, 0.4) is 0 Å². The van der Waals surface area contributed by atoms with Gasteiger partial charge in [-0.15, -0.1) is 5.11 Å². The Hall–Kier alpha value is -2.16. The highest BCUT2D eigenvalue weighted by molar-refractivity contribution is 7.90. The summed E-state index contributed by atoms with van der Waals surface area (Å²) in [7, 11) is -0.365. The second-order valence-corrected chi connectivity index (χ2v) is 5.86. The van der Waals surface area contributed by atoms with Crippen molar-refractivity contribution in [2.75, 3.05) is 27.1 Å². The van der Waals surface area contributed by atoms with Gasteiger partial charge in [0.1, 0.15) is 11.4 Å². The van der Waals surface area contributed by atoms with Gasteiger partial charge in [0.25, 0.3) is 6.47 Å². The summed E-state index contributed by atoms with van der Waals surface area (Å²) in [5.41, 5.74) is 0.258. The Morgan fingerprint density at radius 2 is 2.10 bits per heavy atom. The lowest BCUT2D eigenvalue weighted by Gasteiger charge is -2.10. The molecule has 0 bridgehead atoms. The number of sulfone groups is 1. The van der Waals surface area contributed by atoms with E-state index in [9.17, 15) is 13.2 Å². The highest BCUT2D eigenvalue weighted by Gasteiger charge is 2.11. The number of ether oxygens (including phenoxy) is 2. The van der Waals surface area contributed by atoms with Gasteiger partial charge in [-0.2, -0.15) is 0 Å². The largest absolute Gasteiger partial charge is 0.494 e. The van der Waals surface area contributed by atoms with Crippen LogP contribution in [-0.2, 0) is 19.4 Å². The SMILES string of the molecule is COc1ccc(S(C)(=O)=O)cc1/N=N/N(C)COC=O. The van der Waals surface area contributed by atoms with E-state index in [4.69, 9.17) is 4.74 Å². The van der Waals surface area contributed by atoms with E-state index in [2.05, 4.69) is 15.1 Å². The van der Waals surface area contributed by atoms with E-state index >= 15 is 0 Å². The summed E-state index contributed by atoms with van der Waals surface area (Å²) in [5.74, 6) is 0.380. The molecule has 0 amide bonds. The van der Waals surface area contributed by atoms with Gasteiger partial charge >= 0.3 is 0 Å². The average molecular weight is 301 g/mol. The molecule has 0 atom stereocenters. The molecule has 0 aliphatic heterocycles. The maximum Gasteiger partial charge on any atom is 0.294 e. The number of nitrogens with zero attached hydrogens (tertiary/aromatic N) is 3. The first-order chi connectivity index (χ1) is 9.38. The van der Waals surface area contributed by atoms with E-state index in [-0.39, 0.29) is 23.8 Å². The zero-order valence-electron chi connectivity index (χ0n) is 11.3. The maximum atomic E-state index is 11.5. The Kier molecular flexibility index (Phi) is 5.44. The van der Waals surface area contributed by atoms with Crippen molar-refractivity contribution < 1.29 is 22.7 Å². The lowest BCUT2D eigenvalue weighted by Crippen LogP contribution is -2.13. The van der Waals surface area contributed by atoms with Crippen molar-refractivity contribution in [3.05, 3.63) is 18.2 Å². The number of carbonyl (C=O) groups excluding carboxylic acids is 1. The van der Waals surface area contributed by atoms with E-state index in [1.807, 2.05) is 0 Å². The minimum Gasteiger partial charge on any atom is -0.494 e. The third-order valence-electron chi connectivity index (χ3n) is 2.21. The molecule has 20 heavy (non-hydrogen) atoms. The van der Waals surface area contributed by atoms with Crippen molar-refractivity contribution in [1.29, 1.82) is 0 Å². The molecule has 1 aromatic rings. The van der Waals surface area contributed by atoms with Crippen LogP contribution in [0.25, 0.3) is 0 Å². The van der Waals surface area contributed by atoms with E-state index in [0.717, 1.165) is 6.26 Å². The smallest absolute Gasteiger partial charge is 0.294 e. The molecule has 0 radical (unpaired) electrons. The molecule has 0 aliphatic carbocycles. The second-order valence-electron chi connectivity index (χ2n) is 3.84. The third kappa shape index (κ3) is 4.50. The van der Waals surface area contributed by atoms with E-state index < -0.39 is 9.84 Å². The minimum absolute atomic E-state index is 0.0684. The maximum absolute atomic E-state index is 11.5. The molecule has 8 nitrogen and oxygen atoms in total. The Labute approximate surface area is 116 Å². The molecule has 0 saturated heterocycles. The summed E-state index contributed by atoms with van der Waals surface area (Å²) in [5, 5.41) is 8.90. The van der Waals surface area contributed by atoms with Gasteiger partial charge in [0.15, 0.2) is 16.6 Å². The minimum atomic E-state index is -3.34. The Balaban J connectivity index is 3.03. The van der Waals surface area contributed by atoms with Gasteiger partial charge in [-0.05, 0) is 18.2 Å². The predicted molar refractivity (Wildman–Crippen MR) is 70.4 cm³/mol. The Bertz CT molecular complexity index is 600. The lowest BCUT2D eigenvalue weighted by molar-refractivity contribution is -0.132. The van der Waals surface area contributed by atoms with Gasteiger partial charge in [-0.1, -0.05) is 5.22 Å². The monoisotopic (exact) mass is 301 g/mol. The molecule has 0 saturated carbocycles. The number of carbonyl (C=O) groups is 1. The molecular weight excluding hydrogens is 286 g/mol. The fourth-order valence-electron chi connectivity index (χ4n) is 1.27. The third-order valence-corrected chi connectivity index (χ3v) is 3.32. The van der Waals surface area contributed by atoms with Crippen molar-refractivity contribution in [2.45, 2.75) is 4.90 Å². The van der Waals surface area contributed by atoms with Crippen molar-refractivity contribution >= 4 is 22.0 Å². The Morgan fingerprint density at radius 1 is 1.40 bits per heavy atom. The normalized spacial score (nSPS) is 11.3.